The number of carbonyl (C=O) groups is 1. The van der Waals surface area contributed by atoms with Gasteiger partial charge in [-0.25, -0.2) is 4.79 Å². The van der Waals surface area contributed by atoms with Gasteiger partial charge in [0.25, 0.3) is 0 Å². The lowest BCUT2D eigenvalue weighted by Crippen LogP contribution is -2.49. The molecule has 29 heavy (non-hydrogen) atoms. The first-order chi connectivity index (χ1) is 14.1. The van der Waals surface area contributed by atoms with Gasteiger partial charge in [-0.2, -0.15) is 0 Å². The summed E-state index contributed by atoms with van der Waals surface area (Å²) < 4.78 is 3.47. The van der Waals surface area contributed by atoms with Crippen molar-refractivity contribution >= 4 is 34.2 Å². The standard InChI is InChI=1S/C22H25ClN4O2/c1-2-26-19-8-3-4-9-20(19)27(22(26)29)11-10-21(28)25-14-12-24(13-15-25)18-7-5-6-17(23)16-18/h3-9,16H,2,10-15H2,1H3. The Labute approximate surface area is 174 Å². The molecule has 1 aromatic heterocycles. The Morgan fingerprint density at radius 1 is 0.966 bits per heavy atom. The van der Waals surface area contributed by atoms with Gasteiger partial charge in [-0.1, -0.05) is 29.8 Å². The van der Waals surface area contributed by atoms with Gasteiger partial charge in [0.15, 0.2) is 0 Å². The number of nitrogens with zero attached hydrogens (tertiary/aromatic N) is 4. The van der Waals surface area contributed by atoms with E-state index in [0.717, 1.165) is 34.8 Å². The van der Waals surface area contributed by atoms with Gasteiger partial charge in [-0.3, -0.25) is 13.9 Å². The molecule has 1 aliphatic rings. The lowest BCUT2D eigenvalue weighted by molar-refractivity contribution is -0.131. The number of anilines is 1. The monoisotopic (exact) mass is 412 g/mol. The maximum absolute atomic E-state index is 12.8. The second-order valence-electron chi connectivity index (χ2n) is 7.26. The minimum absolute atomic E-state index is 0.0488. The van der Waals surface area contributed by atoms with Gasteiger partial charge in [0.2, 0.25) is 5.91 Å². The van der Waals surface area contributed by atoms with Gasteiger partial charge >= 0.3 is 5.69 Å². The SMILES string of the molecule is CCn1c(=O)n(CCC(=O)N2CCN(c3cccc(Cl)c3)CC2)c2ccccc21. The van der Waals surface area contributed by atoms with Crippen LogP contribution in [0.2, 0.25) is 5.02 Å². The van der Waals surface area contributed by atoms with Crippen molar-refractivity contribution in [1.29, 1.82) is 0 Å². The quantitative estimate of drug-likeness (QED) is 0.646. The summed E-state index contributed by atoms with van der Waals surface area (Å²) in [5, 5.41) is 0.720. The van der Waals surface area contributed by atoms with E-state index in [-0.39, 0.29) is 11.6 Å². The number of carbonyl (C=O) groups excluding carboxylic acids is 1. The predicted molar refractivity (Wildman–Crippen MR) is 117 cm³/mol. The molecular weight excluding hydrogens is 388 g/mol. The summed E-state index contributed by atoms with van der Waals surface area (Å²) in [5.74, 6) is 0.0935. The van der Waals surface area contributed by atoms with Crippen LogP contribution in [0, 0.1) is 0 Å². The molecule has 0 spiro atoms. The minimum Gasteiger partial charge on any atom is -0.368 e. The van der Waals surface area contributed by atoms with E-state index in [9.17, 15) is 9.59 Å². The second kappa shape index (κ2) is 8.33. The molecule has 2 aromatic carbocycles. The fourth-order valence-electron chi connectivity index (χ4n) is 4.05. The molecule has 0 N–H and O–H groups in total. The van der Waals surface area contributed by atoms with Crippen molar-refractivity contribution in [3.05, 3.63) is 64.0 Å². The van der Waals surface area contributed by atoms with Gasteiger partial charge in [0.1, 0.15) is 0 Å². The van der Waals surface area contributed by atoms with Crippen molar-refractivity contribution in [3.63, 3.8) is 0 Å². The molecule has 0 unspecified atom stereocenters. The van der Waals surface area contributed by atoms with Crippen LogP contribution in [0.15, 0.2) is 53.3 Å². The molecule has 0 aliphatic carbocycles. The Balaban J connectivity index is 1.40. The summed E-state index contributed by atoms with van der Waals surface area (Å²) in [6, 6.07) is 15.6. The summed E-state index contributed by atoms with van der Waals surface area (Å²) in [5.41, 5.74) is 2.84. The van der Waals surface area contributed by atoms with Crippen LogP contribution in [0.3, 0.4) is 0 Å². The van der Waals surface area contributed by atoms with Crippen molar-refractivity contribution in [1.82, 2.24) is 14.0 Å². The molecule has 1 saturated heterocycles. The van der Waals surface area contributed by atoms with Crippen LogP contribution >= 0.6 is 11.6 Å². The van der Waals surface area contributed by atoms with E-state index < -0.39 is 0 Å². The van der Waals surface area contributed by atoms with Crippen molar-refractivity contribution in [2.75, 3.05) is 31.1 Å². The first-order valence-electron chi connectivity index (χ1n) is 10.0. The molecule has 4 rings (SSSR count). The Morgan fingerprint density at radius 3 is 2.31 bits per heavy atom. The lowest BCUT2D eigenvalue weighted by atomic mass is 10.2. The number of piperazine rings is 1. The van der Waals surface area contributed by atoms with E-state index in [4.69, 9.17) is 11.6 Å². The molecule has 7 heteroatoms. The highest BCUT2D eigenvalue weighted by Crippen LogP contribution is 2.21. The number of hydrogen-bond acceptors (Lipinski definition) is 3. The predicted octanol–water partition coefficient (Wildman–Crippen LogP) is 3.22. The average molecular weight is 413 g/mol. The van der Waals surface area contributed by atoms with Gasteiger partial charge in [0.05, 0.1) is 11.0 Å². The highest BCUT2D eigenvalue weighted by atomic mass is 35.5. The summed E-state index contributed by atoms with van der Waals surface area (Å²) in [6.45, 7) is 5.89. The molecule has 6 nitrogen and oxygen atoms in total. The number of benzene rings is 2. The van der Waals surface area contributed by atoms with Crippen LogP contribution in [-0.4, -0.2) is 46.1 Å². The van der Waals surface area contributed by atoms with Gasteiger partial charge in [-0.05, 0) is 37.3 Å². The number of imidazole rings is 1. The average Bonchev–Trinajstić information content (AvgIpc) is 3.02. The van der Waals surface area contributed by atoms with Crippen LogP contribution in [0.4, 0.5) is 5.69 Å². The second-order valence-corrected chi connectivity index (χ2v) is 7.70. The molecule has 152 valence electrons. The number of rotatable bonds is 5. The number of aryl methyl sites for hydroxylation is 2. The van der Waals surface area contributed by atoms with E-state index in [2.05, 4.69) is 4.90 Å². The summed E-state index contributed by atoms with van der Waals surface area (Å²) in [6.07, 6.45) is 0.328. The van der Waals surface area contributed by atoms with Crippen molar-refractivity contribution in [2.24, 2.45) is 0 Å². The third kappa shape index (κ3) is 3.90. The zero-order valence-corrected chi connectivity index (χ0v) is 17.3. The van der Waals surface area contributed by atoms with E-state index in [1.807, 2.05) is 60.4 Å². The maximum Gasteiger partial charge on any atom is 0.329 e. The molecule has 0 bridgehead atoms. The van der Waals surface area contributed by atoms with Crippen molar-refractivity contribution in [3.8, 4) is 0 Å². The highest BCUT2D eigenvalue weighted by molar-refractivity contribution is 6.30. The van der Waals surface area contributed by atoms with E-state index in [1.165, 1.54) is 0 Å². The zero-order chi connectivity index (χ0) is 20.4. The molecule has 3 aromatic rings. The van der Waals surface area contributed by atoms with E-state index in [1.54, 1.807) is 9.13 Å². The van der Waals surface area contributed by atoms with Crippen LogP contribution in [0.1, 0.15) is 13.3 Å². The van der Waals surface area contributed by atoms with Crippen LogP contribution in [-0.2, 0) is 17.9 Å². The molecule has 0 radical (unpaired) electrons. The first kappa shape index (κ1) is 19.6. The van der Waals surface area contributed by atoms with Gasteiger partial charge in [0, 0.05) is 56.4 Å². The number of fused-ring (bicyclic) bond motifs is 1. The normalized spacial score (nSPS) is 14.6. The minimum atomic E-state index is -0.0488. The van der Waals surface area contributed by atoms with Crippen molar-refractivity contribution in [2.45, 2.75) is 26.4 Å². The van der Waals surface area contributed by atoms with E-state index >= 15 is 0 Å². The number of halogens is 1. The third-order valence-corrected chi connectivity index (χ3v) is 5.83. The van der Waals surface area contributed by atoms with Crippen molar-refractivity contribution < 1.29 is 4.79 Å². The fraction of sp³-hybridized carbons (Fsp3) is 0.364. The van der Waals surface area contributed by atoms with Crippen LogP contribution < -0.4 is 10.6 Å². The van der Waals surface area contributed by atoms with Gasteiger partial charge < -0.3 is 9.80 Å². The molecule has 0 saturated carbocycles. The Kier molecular flexibility index (Phi) is 5.62. The molecule has 1 amide bonds. The smallest absolute Gasteiger partial charge is 0.329 e. The third-order valence-electron chi connectivity index (χ3n) is 5.60. The zero-order valence-electron chi connectivity index (χ0n) is 16.6. The molecule has 2 heterocycles. The molecule has 1 fully saturated rings. The number of amides is 1. The summed E-state index contributed by atoms with van der Waals surface area (Å²) in [4.78, 5) is 29.6. The molecule has 0 atom stereocenters. The van der Waals surface area contributed by atoms with Gasteiger partial charge in [-0.15, -0.1) is 0 Å². The summed E-state index contributed by atoms with van der Waals surface area (Å²) in [7, 11) is 0. The Hall–Kier alpha value is -2.73. The number of hydrogen-bond donors (Lipinski definition) is 0. The van der Waals surface area contributed by atoms with Crippen LogP contribution in [0.5, 0.6) is 0 Å². The summed E-state index contributed by atoms with van der Waals surface area (Å²) >= 11 is 6.09. The lowest BCUT2D eigenvalue weighted by Gasteiger charge is -2.36. The van der Waals surface area contributed by atoms with Crippen LogP contribution in [0.25, 0.3) is 11.0 Å². The number of para-hydroxylation sites is 2. The topological polar surface area (TPSA) is 50.5 Å². The Morgan fingerprint density at radius 2 is 1.66 bits per heavy atom. The van der Waals surface area contributed by atoms with E-state index in [0.29, 0.717) is 32.6 Å². The molecule has 1 aliphatic heterocycles. The molecular formula is C22H25ClN4O2. The number of aromatic nitrogens is 2. The first-order valence-corrected chi connectivity index (χ1v) is 10.4. The maximum atomic E-state index is 12.8. The Bertz CT molecular complexity index is 1080. The highest BCUT2D eigenvalue weighted by Gasteiger charge is 2.22. The fourth-order valence-corrected chi connectivity index (χ4v) is 4.23. The largest absolute Gasteiger partial charge is 0.368 e.